The van der Waals surface area contributed by atoms with E-state index in [-0.39, 0.29) is 5.56 Å². The van der Waals surface area contributed by atoms with Gasteiger partial charge in [0.15, 0.2) is 0 Å². The van der Waals surface area contributed by atoms with Gasteiger partial charge in [-0.3, -0.25) is 0 Å². The van der Waals surface area contributed by atoms with Crippen LogP contribution in [0.3, 0.4) is 0 Å². The number of methoxy groups -OCH3 is 1. The third-order valence-corrected chi connectivity index (χ3v) is 6.37. The fourth-order valence-electron chi connectivity index (χ4n) is 2.74. The van der Waals surface area contributed by atoms with Crippen LogP contribution in [0.15, 0.2) is 35.2 Å². The lowest BCUT2D eigenvalue weighted by molar-refractivity contribution is 0.0600. The molecule has 2 aliphatic heterocycles. The molecule has 0 amide bonds. The van der Waals surface area contributed by atoms with E-state index >= 15 is 0 Å². The van der Waals surface area contributed by atoms with Gasteiger partial charge in [-0.15, -0.1) is 23.5 Å². The van der Waals surface area contributed by atoms with Gasteiger partial charge >= 0.3 is 5.97 Å². The molecule has 1 aromatic carbocycles. The Labute approximate surface area is 128 Å². The van der Waals surface area contributed by atoms with E-state index in [2.05, 4.69) is 5.10 Å². The van der Waals surface area contributed by atoms with Gasteiger partial charge in [0.2, 0.25) is 0 Å². The number of hydrogen-bond donors (Lipinski definition) is 0. The van der Waals surface area contributed by atoms with E-state index in [0.29, 0.717) is 5.69 Å². The zero-order chi connectivity index (χ0) is 14.6. The zero-order valence-corrected chi connectivity index (χ0v) is 12.5. The van der Waals surface area contributed by atoms with Crippen LogP contribution in [0.2, 0.25) is 0 Å². The number of hydrogen-bond acceptors (Lipinski definition) is 5. The van der Waals surface area contributed by atoms with Crippen molar-refractivity contribution < 1.29 is 13.9 Å². The summed E-state index contributed by atoms with van der Waals surface area (Å²) in [6.07, 6.45) is 1.68. The number of nitrogens with zero attached hydrogens (tertiary/aromatic N) is 2. The summed E-state index contributed by atoms with van der Waals surface area (Å²) >= 11 is 3.16. The first-order valence-corrected chi connectivity index (χ1v) is 7.91. The number of rotatable bonds is 1. The second kappa shape index (κ2) is 4.38. The Morgan fingerprint density at radius 3 is 2.86 bits per heavy atom. The van der Waals surface area contributed by atoms with E-state index in [1.165, 1.54) is 19.2 Å². The lowest BCUT2D eigenvalue weighted by atomic mass is 10.1. The van der Waals surface area contributed by atoms with Gasteiger partial charge in [-0.2, -0.15) is 5.10 Å². The van der Waals surface area contributed by atoms with Crippen molar-refractivity contribution in [2.24, 2.45) is 0 Å². The van der Waals surface area contributed by atoms with Gasteiger partial charge in [-0.05, 0) is 29.0 Å². The van der Waals surface area contributed by atoms with Crippen molar-refractivity contribution in [3.8, 4) is 5.69 Å². The summed E-state index contributed by atoms with van der Waals surface area (Å²) in [5.41, 5.74) is 2.47. The smallest absolute Gasteiger partial charge is 0.340 e. The molecule has 0 unspecified atom stereocenters. The number of halogens is 1. The number of aromatic nitrogens is 2. The first-order valence-electron chi connectivity index (χ1n) is 6.15. The first kappa shape index (κ1) is 13.0. The maximum atomic E-state index is 14.0. The summed E-state index contributed by atoms with van der Waals surface area (Å²) < 4.78 is 20.0. The molecule has 106 valence electrons. The summed E-state index contributed by atoms with van der Waals surface area (Å²) in [7, 11) is 1.29. The fourth-order valence-corrected chi connectivity index (χ4v) is 5.23. The van der Waals surface area contributed by atoms with Crippen molar-refractivity contribution >= 4 is 29.5 Å². The molecule has 0 radical (unpaired) electrons. The lowest BCUT2D eigenvalue weighted by Gasteiger charge is -2.21. The Kier molecular flexibility index (Phi) is 2.71. The van der Waals surface area contributed by atoms with Crippen LogP contribution in [0.4, 0.5) is 4.39 Å². The monoisotopic (exact) mass is 320 g/mol. The maximum Gasteiger partial charge on any atom is 0.340 e. The van der Waals surface area contributed by atoms with Gasteiger partial charge in [0.1, 0.15) is 9.90 Å². The maximum absolute atomic E-state index is 14.0. The van der Waals surface area contributed by atoms with Gasteiger partial charge < -0.3 is 4.74 Å². The fraction of sp³-hybridized carbons (Fsp3) is 0.143. The lowest BCUT2D eigenvalue weighted by Crippen LogP contribution is -2.13. The van der Waals surface area contributed by atoms with Gasteiger partial charge in [0, 0.05) is 11.8 Å². The molecule has 2 aromatic rings. The number of thioether (sulfide) groups is 2. The van der Waals surface area contributed by atoms with Crippen LogP contribution >= 0.6 is 23.5 Å². The highest BCUT2D eigenvalue weighted by atomic mass is 32.2. The summed E-state index contributed by atoms with van der Waals surface area (Å²) in [5.74, 6) is -1.02. The third-order valence-electron chi connectivity index (χ3n) is 3.55. The molecule has 7 heteroatoms. The number of carbonyl (C=O) groups excluding carboxylic acids is 1. The van der Waals surface area contributed by atoms with Crippen LogP contribution in [0.5, 0.6) is 0 Å². The average molecular weight is 320 g/mol. The molecule has 0 saturated carbocycles. The van der Waals surface area contributed by atoms with E-state index in [1.807, 2.05) is 16.9 Å². The van der Waals surface area contributed by atoms with E-state index in [0.717, 1.165) is 11.3 Å². The second-order valence-corrected chi connectivity index (χ2v) is 7.09. The Morgan fingerprint density at radius 1 is 1.38 bits per heavy atom. The molecule has 2 aliphatic rings. The van der Waals surface area contributed by atoms with E-state index in [1.54, 1.807) is 34.4 Å². The molecular weight excluding hydrogens is 311 g/mol. The standard InChI is InChI=1S/C14H9FN2O2S2/c1-19-13(18)9-6-8(15)7-10-12(9)17-11(2-3-16-17)14(10)20-4-5-21-14/h2-7H,1H3. The van der Waals surface area contributed by atoms with E-state index < -0.39 is 15.9 Å². The summed E-state index contributed by atoms with van der Waals surface area (Å²) in [4.78, 5) is 12.0. The number of fused-ring (bicyclic) bond motifs is 5. The topological polar surface area (TPSA) is 44.1 Å². The van der Waals surface area contributed by atoms with Crippen molar-refractivity contribution in [1.82, 2.24) is 9.78 Å². The predicted octanol–water partition coefficient (Wildman–Crippen LogP) is 3.26. The average Bonchev–Trinajstić information content (AvgIpc) is 3.18. The van der Waals surface area contributed by atoms with Crippen LogP contribution in [0, 0.1) is 5.82 Å². The summed E-state index contributed by atoms with van der Waals surface area (Å²) in [5, 5.41) is 8.24. The molecule has 0 atom stereocenters. The zero-order valence-electron chi connectivity index (χ0n) is 10.9. The molecule has 1 spiro atoms. The Balaban J connectivity index is 2.07. The minimum absolute atomic E-state index is 0.197. The Morgan fingerprint density at radius 2 is 2.14 bits per heavy atom. The van der Waals surface area contributed by atoms with E-state index in [9.17, 15) is 9.18 Å². The Hall–Kier alpha value is -1.73. The number of ether oxygens (including phenoxy) is 1. The van der Waals surface area contributed by atoms with Crippen molar-refractivity contribution in [1.29, 1.82) is 0 Å². The number of carbonyl (C=O) groups is 1. The molecule has 0 aliphatic carbocycles. The Bertz CT molecular complexity index is 792. The van der Waals surface area contributed by atoms with Crippen LogP contribution < -0.4 is 0 Å². The normalized spacial score (nSPS) is 17.0. The van der Waals surface area contributed by atoms with Gasteiger partial charge in [-0.1, -0.05) is 0 Å². The number of benzene rings is 1. The number of esters is 1. The molecule has 1 aromatic heterocycles. The third kappa shape index (κ3) is 1.58. The van der Waals surface area contributed by atoms with Crippen molar-refractivity contribution in [3.63, 3.8) is 0 Å². The molecule has 0 N–H and O–H groups in total. The summed E-state index contributed by atoms with van der Waals surface area (Å²) in [6, 6.07) is 4.57. The van der Waals surface area contributed by atoms with Gasteiger partial charge in [-0.25, -0.2) is 13.9 Å². The van der Waals surface area contributed by atoms with E-state index in [4.69, 9.17) is 4.74 Å². The minimum Gasteiger partial charge on any atom is -0.465 e. The highest BCUT2D eigenvalue weighted by Gasteiger charge is 2.48. The molecule has 3 heterocycles. The molecule has 21 heavy (non-hydrogen) atoms. The highest BCUT2D eigenvalue weighted by molar-refractivity contribution is 8.23. The quantitative estimate of drug-likeness (QED) is 0.755. The van der Waals surface area contributed by atoms with Crippen LogP contribution in [-0.4, -0.2) is 22.9 Å². The molecule has 0 bridgehead atoms. The molecule has 4 rings (SSSR count). The predicted molar refractivity (Wildman–Crippen MR) is 80.0 cm³/mol. The van der Waals surface area contributed by atoms with Crippen molar-refractivity contribution in [3.05, 3.63) is 57.9 Å². The van der Waals surface area contributed by atoms with Crippen LogP contribution in [-0.2, 0) is 8.82 Å². The summed E-state index contributed by atoms with van der Waals surface area (Å²) in [6.45, 7) is 0. The first-order chi connectivity index (χ1) is 10.2. The van der Waals surface area contributed by atoms with Crippen molar-refractivity contribution in [2.75, 3.05) is 7.11 Å². The highest BCUT2D eigenvalue weighted by Crippen LogP contribution is 2.61. The molecular formula is C14H9FN2O2S2. The minimum atomic E-state index is -0.565. The van der Waals surface area contributed by atoms with Gasteiger partial charge in [0.25, 0.3) is 0 Å². The molecule has 4 nitrogen and oxygen atoms in total. The SMILES string of the molecule is COC(=O)c1cc(F)cc2c1-n1nccc1C21SC=CS1. The van der Waals surface area contributed by atoms with Crippen LogP contribution in [0.25, 0.3) is 5.69 Å². The largest absolute Gasteiger partial charge is 0.465 e. The van der Waals surface area contributed by atoms with Crippen molar-refractivity contribution in [2.45, 2.75) is 4.08 Å². The molecule has 0 saturated heterocycles. The molecule has 0 fully saturated rings. The van der Waals surface area contributed by atoms with Crippen LogP contribution in [0.1, 0.15) is 21.6 Å². The van der Waals surface area contributed by atoms with Gasteiger partial charge in [0.05, 0.1) is 24.1 Å². The second-order valence-electron chi connectivity index (χ2n) is 4.59.